The zero-order valence-electron chi connectivity index (χ0n) is 12.6. The second-order valence-corrected chi connectivity index (χ2v) is 6.63. The van der Waals surface area contributed by atoms with Gasteiger partial charge >= 0.3 is 0 Å². The van der Waals surface area contributed by atoms with Gasteiger partial charge in [0.1, 0.15) is 5.82 Å². The summed E-state index contributed by atoms with van der Waals surface area (Å²) in [6, 6.07) is 10.3. The van der Waals surface area contributed by atoms with Gasteiger partial charge in [0.15, 0.2) is 0 Å². The Labute approximate surface area is 138 Å². The molecule has 0 bridgehead atoms. The molecule has 0 saturated carbocycles. The van der Waals surface area contributed by atoms with E-state index in [1.165, 1.54) is 12.1 Å². The van der Waals surface area contributed by atoms with Crippen molar-refractivity contribution in [2.75, 3.05) is 19.8 Å². The number of halogens is 1. The van der Waals surface area contributed by atoms with Crippen molar-refractivity contribution >= 4 is 23.3 Å². The summed E-state index contributed by atoms with van der Waals surface area (Å²) in [5, 5.41) is 2.90. The van der Waals surface area contributed by atoms with Crippen molar-refractivity contribution < 1.29 is 13.9 Å². The molecule has 1 aliphatic heterocycles. The Bertz CT molecular complexity index is 687. The fourth-order valence-electron chi connectivity index (χ4n) is 2.42. The molecule has 0 radical (unpaired) electrons. The number of rotatable bonds is 5. The van der Waals surface area contributed by atoms with Gasteiger partial charge in [-0.25, -0.2) is 4.39 Å². The summed E-state index contributed by atoms with van der Waals surface area (Å²) in [5.74, 6) is 0.0996. The van der Waals surface area contributed by atoms with Crippen LogP contribution in [0, 0.1) is 11.7 Å². The number of thiophene rings is 1. The molecule has 1 N–H and O–H groups in total. The van der Waals surface area contributed by atoms with Crippen LogP contribution in [-0.2, 0) is 9.53 Å². The van der Waals surface area contributed by atoms with Crippen molar-refractivity contribution in [3.05, 3.63) is 53.2 Å². The molecule has 0 aliphatic carbocycles. The topological polar surface area (TPSA) is 38.3 Å². The number of carbonyl (C=O) groups is 1. The molecule has 2 heterocycles. The van der Waals surface area contributed by atoms with Crippen LogP contribution in [0.15, 0.2) is 42.5 Å². The van der Waals surface area contributed by atoms with Gasteiger partial charge in [-0.15, -0.1) is 11.3 Å². The van der Waals surface area contributed by atoms with E-state index in [9.17, 15) is 9.18 Å². The first-order valence-electron chi connectivity index (χ1n) is 7.60. The predicted molar refractivity (Wildman–Crippen MR) is 90.7 cm³/mol. The minimum Gasteiger partial charge on any atom is -0.381 e. The molecule has 0 spiro atoms. The minimum atomic E-state index is -0.241. The lowest BCUT2D eigenvalue weighted by atomic mass is 10.1. The third-order valence-corrected chi connectivity index (χ3v) is 4.84. The normalized spacial score (nSPS) is 17.7. The zero-order valence-corrected chi connectivity index (χ0v) is 13.4. The number of hydrogen-bond donors (Lipinski definition) is 1. The first kappa shape index (κ1) is 15.9. The number of hydrogen-bond acceptors (Lipinski definition) is 3. The van der Waals surface area contributed by atoms with Crippen LogP contribution >= 0.6 is 11.3 Å². The summed E-state index contributed by atoms with van der Waals surface area (Å²) in [7, 11) is 0. The van der Waals surface area contributed by atoms with Gasteiger partial charge < -0.3 is 10.1 Å². The molecule has 1 fully saturated rings. The quantitative estimate of drug-likeness (QED) is 0.848. The summed E-state index contributed by atoms with van der Waals surface area (Å²) in [6.07, 6.45) is 4.37. The predicted octanol–water partition coefficient (Wildman–Crippen LogP) is 3.72. The molecule has 1 saturated heterocycles. The number of nitrogens with one attached hydrogen (secondary N) is 1. The van der Waals surface area contributed by atoms with Gasteiger partial charge in [-0.2, -0.15) is 0 Å². The van der Waals surface area contributed by atoms with Crippen LogP contribution in [-0.4, -0.2) is 25.7 Å². The van der Waals surface area contributed by atoms with Gasteiger partial charge in [-0.3, -0.25) is 4.79 Å². The van der Waals surface area contributed by atoms with Crippen LogP contribution in [0.5, 0.6) is 0 Å². The maximum atomic E-state index is 12.9. The van der Waals surface area contributed by atoms with E-state index < -0.39 is 0 Å². The SMILES string of the molecule is O=C(/C=C/c1ccc(-c2ccc(F)cc2)s1)NCC1CCOC1. The van der Waals surface area contributed by atoms with Gasteiger partial charge in [-0.05, 0) is 42.3 Å². The largest absolute Gasteiger partial charge is 0.381 e. The highest BCUT2D eigenvalue weighted by Gasteiger charge is 2.15. The molecule has 3 nitrogen and oxygen atoms in total. The van der Waals surface area contributed by atoms with Crippen molar-refractivity contribution in [1.82, 2.24) is 5.32 Å². The lowest BCUT2D eigenvalue weighted by molar-refractivity contribution is -0.116. The molecule has 1 aliphatic rings. The molecule has 1 aromatic carbocycles. The van der Waals surface area contributed by atoms with Gasteiger partial charge in [-0.1, -0.05) is 12.1 Å². The van der Waals surface area contributed by atoms with Gasteiger partial charge in [0.05, 0.1) is 6.61 Å². The van der Waals surface area contributed by atoms with E-state index in [0.717, 1.165) is 35.0 Å². The Balaban J connectivity index is 1.55. The Morgan fingerprint density at radius 3 is 2.87 bits per heavy atom. The minimum absolute atomic E-state index is 0.0892. The Hall–Kier alpha value is -1.98. The van der Waals surface area contributed by atoms with Gasteiger partial charge in [0.2, 0.25) is 5.91 Å². The number of ether oxygens (including phenoxy) is 1. The van der Waals surface area contributed by atoms with Gasteiger partial charge in [0, 0.05) is 34.9 Å². The summed E-state index contributed by atoms with van der Waals surface area (Å²) in [4.78, 5) is 13.9. The molecule has 2 aromatic rings. The van der Waals surface area contributed by atoms with E-state index in [2.05, 4.69) is 5.32 Å². The van der Waals surface area contributed by atoms with E-state index in [4.69, 9.17) is 4.74 Å². The molecule has 1 aromatic heterocycles. The molecular weight excluding hydrogens is 313 g/mol. The Kier molecular flexibility index (Phi) is 5.20. The molecule has 1 amide bonds. The lowest BCUT2D eigenvalue weighted by Gasteiger charge is -2.06. The summed E-state index contributed by atoms with van der Waals surface area (Å²) in [6.45, 7) is 2.18. The maximum Gasteiger partial charge on any atom is 0.244 e. The highest BCUT2D eigenvalue weighted by molar-refractivity contribution is 7.16. The van der Waals surface area contributed by atoms with Crippen molar-refractivity contribution in [3.63, 3.8) is 0 Å². The molecule has 1 unspecified atom stereocenters. The molecular formula is C18H18FNO2S. The Morgan fingerprint density at radius 2 is 2.13 bits per heavy atom. The van der Waals surface area contributed by atoms with Crippen LogP contribution in [0.2, 0.25) is 0 Å². The number of benzene rings is 1. The summed E-state index contributed by atoms with van der Waals surface area (Å²) in [5.41, 5.74) is 0.974. The van der Waals surface area contributed by atoms with Crippen molar-refractivity contribution in [3.8, 4) is 10.4 Å². The van der Waals surface area contributed by atoms with Crippen LogP contribution in [0.4, 0.5) is 4.39 Å². The second kappa shape index (κ2) is 7.53. The zero-order chi connectivity index (χ0) is 16.1. The Morgan fingerprint density at radius 1 is 1.30 bits per heavy atom. The fourth-order valence-corrected chi connectivity index (χ4v) is 3.33. The van der Waals surface area contributed by atoms with Crippen molar-refractivity contribution in [2.24, 2.45) is 5.92 Å². The summed E-state index contributed by atoms with van der Waals surface area (Å²) < 4.78 is 18.2. The molecule has 23 heavy (non-hydrogen) atoms. The first-order chi connectivity index (χ1) is 11.2. The highest BCUT2D eigenvalue weighted by Crippen LogP contribution is 2.28. The second-order valence-electron chi connectivity index (χ2n) is 5.52. The smallest absolute Gasteiger partial charge is 0.244 e. The van der Waals surface area contributed by atoms with E-state index in [0.29, 0.717) is 12.5 Å². The van der Waals surface area contributed by atoms with E-state index in [1.54, 1.807) is 35.6 Å². The number of carbonyl (C=O) groups excluding carboxylic acids is 1. The molecule has 120 valence electrons. The first-order valence-corrected chi connectivity index (χ1v) is 8.42. The molecule has 3 rings (SSSR count). The van der Waals surface area contributed by atoms with E-state index >= 15 is 0 Å². The monoisotopic (exact) mass is 331 g/mol. The van der Waals surface area contributed by atoms with Crippen LogP contribution < -0.4 is 5.32 Å². The standard InChI is InChI=1S/C18H18FNO2S/c19-15-3-1-14(2-4-15)17-7-5-16(23-17)6-8-18(21)20-11-13-9-10-22-12-13/h1-8,13H,9-12H2,(H,20,21)/b8-6+. The maximum absolute atomic E-state index is 12.9. The van der Waals surface area contributed by atoms with Crippen LogP contribution in [0.1, 0.15) is 11.3 Å². The average molecular weight is 331 g/mol. The van der Waals surface area contributed by atoms with Crippen molar-refractivity contribution in [1.29, 1.82) is 0 Å². The molecule has 1 atom stereocenters. The van der Waals surface area contributed by atoms with E-state index in [-0.39, 0.29) is 11.7 Å². The van der Waals surface area contributed by atoms with Crippen LogP contribution in [0.25, 0.3) is 16.5 Å². The fraction of sp³-hybridized carbons (Fsp3) is 0.278. The van der Waals surface area contributed by atoms with E-state index in [1.807, 2.05) is 12.1 Å². The van der Waals surface area contributed by atoms with Crippen molar-refractivity contribution in [2.45, 2.75) is 6.42 Å². The van der Waals surface area contributed by atoms with Crippen LogP contribution in [0.3, 0.4) is 0 Å². The third-order valence-electron chi connectivity index (χ3n) is 3.74. The lowest BCUT2D eigenvalue weighted by Crippen LogP contribution is -2.27. The highest BCUT2D eigenvalue weighted by atomic mass is 32.1. The third kappa shape index (κ3) is 4.50. The average Bonchev–Trinajstić information content (AvgIpc) is 3.23. The summed E-state index contributed by atoms with van der Waals surface area (Å²) >= 11 is 1.57. The van der Waals surface area contributed by atoms with Gasteiger partial charge in [0.25, 0.3) is 0 Å². The number of amides is 1. The molecule has 5 heteroatoms.